The summed E-state index contributed by atoms with van der Waals surface area (Å²) in [7, 11) is 0. The number of nitrogens with zero attached hydrogens (tertiary/aromatic N) is 3. The van der Waals surface area contributed by atoms with Gasteiger partial charge in [0.1, 0.15) is 6.61 Å². The van der Waals surface area contributed by atoms with Crippen molar-refractivity contribution in [3.8, 4) is 5.69 Å². The summed E-state index contributed by atoms with van der Waals surface area (Å²) >= 11 is 5.76. The van der Waals surface area contributed by atoms with Gasteiger partial charge in [0.05, 0.1) is 28.4 Å². The maximum absolute atomic E-state index is 13.7. The van der Waals surface area contributed by atoms with E-state index in [1.165, 1.54) is 29.5 Å². The number of carboxylic acid groups (broad SMARTS) is 1. The van der Waals surface area contributed by atoms with Crippen molar-refractivity contribution < 1.29 is 47.7 Å². The number of aliphatic carboxylic acids is 1. The van der Waals surface area contributed by atoms with Crippen LogP contribution in [0.15, 0.2) is 58.3 Å². The summed E-state index contributed by atoms with van der Waals surface area (Å²) in [5.74, 6) is -3.60. The minimum atomic E-state index is -1.49. The van der Waals surface area contributed by atoms with Crippen LogP contribution in [-0.4, -0.2) is 74.1 Å². The van der Waals surface area contributed by atoms with Gasteiger partial charge in [-0.2, -0.15) is 9.59 Å². The topological polar surface area (TPSA) is 214 Å². The van der Waals surface area contributed by atoms with Crippen molar-refractivity contribution in [3.63, 3.8) is 0 Å². The molecule has 2 atom stereocenters. The molecule has 1 aromatic carbocycles. The predicted octanol–water partition coefficient (Wildman–Crippen LogP) is 4.15. The van der Waals surface area contributed by atoms with Crippen LogP contribution < -0.4 is 11.2 Å². The highest BCUT2D eigenvalue weighted by Gasteiger charge is 2.23. The Bertz CT molecular complexity index is 1970. The van der Waals surface area contributed by atoms with Crippen molar-refractivity contribution in [2.24, 2.45) is 0 Å². The Balaban J connectivity index is 0.000000292. The van der Waals surface area contributed by atoms with Gasteiger partial charge in [-0.05, 0) is 62.4 Å². The van der Waals surface area contributed by atoms with Gasteiger partial charge < -0.3 is 19.3 Å². The fourth-order valence-corrected chi connectivity index (χ4v) is 4.64. The Morgan fingerprint density at radius 3 is 2.33 bits per heavy atom. The van der Waals surface area contributed by atoms with Crippen LogP contribution in [0.4, 0.5) is 4.39 Å². The average molecular weight is 731 g/mol. The van der Waals surface area contributed by atoms with E-state index >= 15 is 0 Å². The minimum Gasteiger partial charge on any atom is -0.478 e. The molecule has 0 saturated carbocycles. The lowest BCUT2D eigenvalue weighted by atomic mass is 10.0. The number of halogens is 2. The van der Waals surface area contributed by atoms with Crippen LogP contribution >= 0.6 is 11.6 Å². The molecule has 17 heteroatoms. The largest absolute Gasteiger partial charge is 0.478 e. The summed E-state index contributed by atoms with van der Waals surface area (Å²) in [4.78, 5) is 84.1. The molecule has 5 rings (SSSR count). The third kappa shape index (κ3) is 12.4. The Morgan fingerprint density at radius 2 is 1.82 bits per heavy atom. The summed E-state index contributed by atoms with van der Waals surface area (Å²) in [5, 5.41) is 8.27. The van der Waals surface area contributed by atoms with Crippen molar-refractivity contribution in [2.45, 2.75) is 65.6 Å². The van der Waals surface area contributed by atoms with Gasteiger partial charge in [0, 0.05) is 19.7 Å². The van der Waals surface area contributed by atoms with Gasteiger partial charge >= 0.3 is 29.7 Å². The molecule has 51 heavy (non-hydrogen) atoms. The highest BCUT2D eigenvalue weighted by atomic mass is 35.5. The number of fused-ring (bicyclic) bond motifs is 1. The first-order chi connectivity index (χ1) is 24.1. The first kappa shape index (κ1) is 41.6. The van der Waals surface area contributed by atoms with Crippen molar-refractivity contribution in [3.05, 3.63) is 97.3 Å². The smallest absolute Gasteiger partial charge is 0.373 e. The Kier molecular flexibility index (Phi) is 16.5. The number of aromatic amines is 1. The fourth-order valence-electron chi connectivity index (χ4n) is 4.51. The zero-order valence-corrected chi connectivity index (χ0v) is 29.1. The van der Waals surface area contributed by atoms with E-state index < -0.39 is 52.8 Å². The maximum Gasteiger partial charge on any atom is 0.373 e. The van der Waals surface area contributed by atoms with Crippen LogP contribution in [0.3, 0.4) is 0 Å². The number of benzene rings is 1. The van der Waals surface area contributed by atoms with E-state index in [0.29, 0.717) is 23.0 Å². The number of aryl methyl sites for hydroxylation is 1. The molecule has 15 nitrogen and oxygen atoms in total. The van der Waals surface area contributed by atoms with Gasteiger partial charge in [-0.15, -0.1) is 0 Å². The monoisotopic (exact) mass is 730 g/mol. The van der Waals surface area contributed by atoms with E-state index in [1.54, 1.807) is 30.5 Å². The molecule has 0 radical (unpaired) electrons. The van der Waals surface area contributed by atoms with Gasteiger partial charge in [-0.1, -0.05) is 43.6 Å². The molecule has 1 fully saturated rings. The molecule has 4 heterocycles. The summed E-state index contributed by atoms with van der Waals surface area (Å²) < 4.78 is 29.3. The number of nitrogens with one attached hydrogen (secondary N) is 1. The Hall–Kier alpha value is -5.57. The first-order valence-electron chi connectivity index (χ1n) is 15.3. The molecule has 1 aliphatic rings. The van der Waals surface area contributed by atoms with Crippen molar-refractivity contribution in [1.29, 1.82) is 0 Å². The molecule has 1 saturated heterocycles. The summed E-state index contributed by atoms with van der Waals surface area (Å²) in [6.45, 7) is 9.34. The summed E-state index contributed by atoms with van der Waals surface area (Å²) in [5.41, 5.74) is 0.827. The number of H-pyrrole nitrogens is 1. The summed E-state index contributed by atoms with van der Waals surface area (Å²) in [6.07, 6.45) is 3.48. The lowest BCUT2D eigenvalue weighted by molar-refractivity contribution is -0.191. The van der Waals surface area contributed by atoms with Crippen LogP contribution in [0, 0.1) is 12.7 Å². The number of carbonyl (C=O) groups is 3. The number of carbonyl (C=O) groups excluding carboxylic acids is 4. The number of hydrogen-bond acceptors (Lipinski definition) is 12. The van der Waals surface area contributed by atoms with Crippen LogP contribution in [0.5, 0.6) is 0 Å². The zero-order chi connectivity index (χ0) is 38.2. The highest BCUT2D eigenvalue weighted by molar-refractivity contribution is 6.29. The van der Waals surface area contributed by atoms with Gasteiger partial charge in [-0.25, -0.2) is 28.3 Å². The number of ether oxygens (including phenoxy) is 3. The van der Waals surface area contributed by atoms with E-state index in [9.17, 15) is 28.4 Å². The number of aromatic nitrogens is 4. The molecule has 2 N–H and O–H groups in total. The normalized spacial score (nSPS) is 13.6. The lowest BCUT2D eigenvalue weighted by Crippen LogP contribution is -2.32. The van der Waals surface area contributed by atoms with E-state index in [2.05, 4.69) is 26.6 Å². The second-order valence-corrected chi connectivity index (χ2v) is 11.4. The third-order valence-electron chi connectivity index (χ3n) is 6.83. The quantitative estimate of drug-likeness (QED) is 0.202. The highest BCUT2D eigenvalue weighted by Crippen LogP contribution is 2.25. The number of pyridine rings is 2. The SMILES string of the molecule is CC(=O)O[C@@H](COC(=O)c1ccccc1)C(=O)O.CC1CCCO1.Cc1ccnc(C(C)C)c1-n1c(=O)[nH]c(=O)c2cc(F)c(Cl)nc21.O=C=O. The van der Waals surface area contributed by atoms with Gasteiger partial charge in [0.25, 0.3) is 5.56 Å². The molecular weight excluding hydrogens is 695 g/mol. The predicted molar refractivity (Wildman–Crippen MR) is 179 cm³/mol. The standard InChI is InChI=1S/C16H14ClFN4O2.C12H12O6.C5H10O.CO2/c1-7(2)11-12(8(3)4-5-19-11)22-14-9(15(23)21-16(22)24)6-10(18)13(17)20-14;1-8(13)18-10(11(14)15)7-17-12(16)9-5-3-2-4-6-9;1-5-3-2-4-6-5;2-1-3/h4-7H,1-3H3,(H,21,23,24);2-6,10H,7H2,1H3,(H,14,15);5H,2-4H2,1H3;/t;10-;;/m.0../s1. The van der Waals surface area contributed by atoms with E-state index in [-0.39, 0.29) is 23.1 Å². The van der Waals surface area contributed by atoms with E-state index in [0.717, 1.165) is 25.2 Å². The zero-order valence-electron chi connectivity index (χ0n) is 28.3. The van der Waals surface area contributed by atoms with Gasteiger partial charge in [0.15, 0.2) is 16.6 Å². The number of carboxylic acids is 1. The molecule has 272 valence electrons. The van der Waals surface area contributed by atoms with Crippen molar-refractivity contribution >= 4 is 46.7 Å². The number of hydrogen-bond donors (Lipinski definition) is 2. The van der Waals surface area contributed by atoms with Gasteiger partial charge in [-0.3, -0.25) is 19.6 Å². The third-order valence-corrected chi connectivity index (χ3v) is 7.10. The Morgan fingerprint density at radius 1 is 1.18 bits per heavy atom. The van der Waals surface area contributed by atoms with Crippen LogP contribution in [-0.2, 0) is 33.4 Å². The summed E-state index contributed by atoms with van der Waals surface area (Å²) in [6, 6.07) is 10.8. The molecule has 0 amide bonds. The second-order valence-electron chi connectivity index (χ2n) is 11.1. The molecule has 1 aliphatic heterocycles. The first-order valence-corrected chi connectivity index (χ1v) is 15.7. The minimum absolute atomic E-state index is 0.00634. The van der Waals surface area contributed by atoms with Crippen molar-refractivity contribution in [1.82, 2.24) is 19.5 Å². The van der Waals surface area contributed by atoms with E-state index in [4.69, 9.17) is 35.8 Å². The second kappa shape index (κ2) is 20.2. The molecule has 1 unspecified atom stereocenters. The maximum atomic E-state index is 13.7. The fraction of sp³-hybridized carbons (Fsp3) is 0.353. The van der Waals surface area contributed by atoms with E-state index in [1.807, 2.05) is 20.8 Å². The van der Waals surface area contributed by atoms with Crippen molar-refractivity contribution in [2.75, 3.05) is 13.2 Å². The van der Waals surface area contributed by atoms with Crippen LogP contribution in [0.2, 0.25) is 5.15 Å². The number of rotatable bonds is 7. The number of esters is 2. The molecule has 3 aromatic heterocycles. The molecule has 0 bridgehead atoms. The Labute approximate surface area is 295 Å². The molecular formula is C34H36ClFN4O11. The van der Waals surface area contributed by atoms with Crippen LogP contribution in [0.25, 0.3) is 16.7 Å². The average Bonchev–Trinajstić information content (AvgIpc) is 3.56. The van der Waals surface area contributed by atoms with Crippen LogP contribution in [0.1, 0.15) is 68.1 Å². The molecule has 0 spiro atoms. The molecule has 4 aromatic rings. The molecule has 0 aliphatic carbocycles. The van der Waals surface area contributed by atoms with Gasteiger partial charge in [0.2, 0.25) is 6.10 Å². The lowest BCUT2D eigenvalue weighted by Gasteiger charge is -2.17.